The Morgan fingerprint density at radius 2 is 1.95 bits per heavy atom. The Morgan fingerprint density at radius 3 is 2.68 bits per heavy atom. The van der Waals surface area contributed by atoms with Crippen LogP contribution in [-0.2, 0) is 6.42 Å². The normalized spacial score (nSPS) is 16.5. The summed E-state index contributed by atoms with van der Waals surface area (Å²) in [5.41, 5.74) is 1.62. The van der Waals surface area contributed by atoms with E-state index in [1.54, 1.807) is 19.2 Å². The van der Waals surface area contributed by atoms with E-state index in [-0.39, 0.29) is 11.7 Å². The van der Waals surface area contributed by atoms with Crippen molar-refractivity contribution in [3.05, 3.63) is 58.6 Å². The molecule has 3 nitrogen and oxygen atoms in total. The van der Waals surface area contributed by atoms with Crippen LogP contribution < -0.4 is 9.47 Å². The monoisotopic (exact) mass is 316 g/mol. The topological polar surface area (TPSA) is 35.5 Å². The van der Waals surface area contributed by atoms with E-state index in [2.05, 4.69) is 0 Å². The number of methoxy groups -OCH3 is 1. The van der Waals surface area contributed by atoms with Crippen LogP contribution in [0.2, 0.25) is 5.02 Å². The van der Waals surface area contributed by atoms with Crippen molar-refractivity contribution < 1.29 is 14.3 Å². The number of hydrogen-bond acceptors (Lipinski definition) is 3. The minimum Gasteiger partial charge on any atom is -0.495 e. The summed E-state index contributed by atoms with van der Waals surface area (Å²) >= 11 is 6.31. The van der Waals surface area contributed by atoms with E-state index in [4.69, 9.17) is 21.1 Å². The number of ketones is 1. The molecular weight excluding hydrogens is 300 g/mol. The molecule has 1 unspecified atom stereocenters. The molecule has 0 amide bonds. The zero-order valence-electron chi connectivity index (χ0n) is 12.3. The van der Waals surface area contributed by atoms with Crippen molar-refractivity contribution in [2.75, 3.05) is 13.7 Å². The van der Waals surface area contributed by atoms with Gasteiger partial charge in [-0.15, -0.1) is 0 Å². The Hall–Kier alpha value is -2.00. The van der Waals surface area contributed by atoms with Gasteiger partial charge in [-0.25, -0.2) is 0 Å². The Balaban J connectivity index is 1.65. The predicted octanol–water partition coefficient (Wildman–Crippen LogP) is 4.17. The van der Waals surface area contributed by atoms with Crippen molar-refractivity contribution in [3.63, 3.8) is 0 Å². The molecule has 0 spiro atoms. The molecule has 1 atom stereocenters. The summed E-state index contributed by atoms with van der Waals surface area (Å²) in [4.78, 5) is 12.4. The van der Waals surface area contributed by atoms with E-state index in [1.807, 2.05) is 30.3 Å². The first-order valence-corrected chi connectivity index (χ1v) is 7.66. The van der Waals surface area contributed by atoms with Gasteiger partial charge in [-0.1, -0.05) is 29.8 Å². The molecule has 0 heterocycles. The molecule has 0 bridgehead atoms. The number of carbonyl (C=O) groups is 1. The molecule has 0 aliphatic heterocycles. The number of halogens is 1. The maximum atomic E-state index is 12.4. The van der Waals surface area contributed by atoms with Gasteiger partial charge >= 0.3 is 0 Å². The number of carbonyl (C=O) groups excluding carboxylic acids is 1. The molecule has 4 heteroatoms. The van der Waals surface area contributed by atoms with E-state index in [0.717, 1.165) is 16.9 Å². The summed E-state index contributed by atoms with van der Waals surface area (Å²) in [6.07, 6.45) is 1.34. The van der Waals surface area contributed by atoms with Crippen LogP contribution in [0.25, 0.3) is 0 Å². The molecule has 0 N–H and O–H groups in total. The lowest BCUT2D eigenvalue weighted by molar-refractivity contribution is 0.0918. The maximum absolute atomic E-state index is 12.4. The summed E-state index contributed by atoms with van der Waals surface area (Å²) in [7, 11) is 1.58. The Kier molecular flexibility index (Phi) is 4.34. The van der Waals surface area contributed by atoms with E-state index < -0.39 is 0 Å². The summed E-state index contributed by atoms with van der Waals surface area (Å²) in [6, 6.07) is 13.2. The molecule has 0 aromatic heterocycles. The highest BCUT2D eigenvalue weighted by Gasteiger charge is 2.32. The Morgan fingerprint density at radius 1 is 1.18 bits per heavy atom. The highest BCUT2D eigenvalue weighted by atomic mass is 35.5. The van der Waals surface area contributed by atoms with Crippen molar-refractivity contribution >= 4 is 17.4 Å². The van der Waals surface area contributed by atoms with Crippen LogP contribution in [0.5, 0.6) is 11.5 Å². The van der Waals surface area contributed by atoms with Crippen molar-refractivity contribution in [1.29, 1.82) is 0 Å². The Bertz CT molecular complexity index is 682. The van der Waals surface area contributed by atoms with Gasteiger partial charge < -0.3 is 9.47 Å². The Labute approximate surface area is 134 Å². The summed E-state index contributed by atoms with van der Waals surface area (Å²) < 4.78 is 10.9. The van der Waals surface area contributed by atoms with Crippen LogP contribution in [0.3, 0.4) is 0 Å². The maximum Gasteiger partial charge on any atom is 0.166 e. The molecule has 114 valence electrons. The van der Waals surface area contributed by atoms with Crippen molar-refractivity contribution in [1.82, 2.24) is 0 Å². The molecule has 1 aliphatic carbocycles. The smallest absolute Gasteiger partial charge is 0.166 e. The molecule has 22 heavy (non-hydrogen) atoms. The van der Waals surface area contributed by atoms with Gasteiger partial charge in [0, 0.05) is 11.5 Å². The molecule has 2 aromatic carbocycles. The first-order chi connectivity index (χ1) is 10.7. The standard InChI is InChI=1S/C18H17ClO3/c1-21-16-8-7-14-15(17(16)19)11-12(18(14)20)9-10-22-13-5-3-2-4-6-13/h2-8,12H,9-11H2,1H3. The molecule has 3 rings (SSSR count). The van der Waals surface area contributed by atoms with Gasteiger partial charge in [0.25, 0.3) is 0 Å². The number of benzene rings is 2. The average Bonchev–Trinajstić information content (AvgIpc) is 2.87. The minimum atomic E-state index is -0.0664. The molecular formula is C18H17ClO3. The quantitative estimate of drug-likeness (QED) is 0.830. The van der Waals surface area contributed by atoms with Gasteiger partial charge in [0.05, 0.1) is 18.7 Å². The van der Waals surface area contributed by atoms with Gasteiger partial charge in [0.1, 0.15) is 11.5 Å². The van der Waals surface area contributed by atoms with Gasteiger partial charge in [0.2, 0.25) is 0 Å². The number of para-hydroxylation sites is 1. The number of Topliss-reactive ketones (excluding diaryl/α,β-unsaturated/α-hetero) is 1. The van der Waals surface area contributed by atoms with Crippen molar-refractivity contribution in [2.45, 2.75) is 12.8 Å². The van der Waals surface area contributed by atoms with Gasteiger partial charge in [0.15, 0.2) is 5.78 Å². The fourth-order valence-corrected chi connectivity index (χ4v) is 3.13. The number of fused-ring (bicyclic) bond motifs is 1. The summed E-state index contributed by atoms with van der Waals surface area (Å²) in [5, 5.41) is 0.555. The van der Waals surface area contributed by atoms with E-state index >= 15 is 0 Å². The molecule has 2 aromatic rings. The third-order valence-electron chi connectivity index (χ3n) is 3.99. The number of rotatable bonds is 5. The zero-order chi connectivity index (χ0) is 15.5. The van der Waals surface area contributed by atoms with Crippen LogP contribution in [0, 0.1) is 5.92 Å². The lowest BCUT2D eigenvalue weighted by Gasteiger charge is -2.09. The summed E-state index contributed by atoms with van der Waals surface area (Å²) in [6.45, 7) is 0.517. The lowest BCUT2D eigenvalue weighted by atomic mass is 10.0. The molecule has 1 aliphatic rings. The number of hydrogen-bond donors (Lipinski definition) is 0. The largest absolute Gasteiger partial charge is 0.495 e. The SMILES string of the molecule is COc1ccc2c(c1Cl)CC(CCOc1ccccc1)C2=O. The first kappa shape index (κ1) is 14.9. The highest BCUT2D eigenvalue weighted by molar-refractivity contribution is 6.33. The fourth-order valence-electron chi connectivity index (χ4n) is 2.82. The zero-order valence-corrected chi connectivity index (χ0v) is 13.1. The van der Waals surface area contributed by atoms with E-state index in [0.29, 0.717) is 30.2 Å². The second-order valence-electron chi connectivity index (χ2n) is 5.32. The highest BCUT2D eigenvalue weighted by Crippen LogP contribution is 2.38. The molecule has 0 saturated heterocycles. The van der Waals surface area contributed by atoms with Crippen LogP contribution in [-0.4, -0.2) is 19.5 Å². The fraction of sp³-hybridized carbons (Fsp3) is 0.278. The average molecular weight is 317 g/mol. The van der Waals surface area contributed by atoms with E-state index in [9.17, 15) is 4.79 Å². The molecule has 0 radical (unpaired) electrons. The minimum absolute atomic E-state index is 0.0664. The van der Waals surface area contributed by atoms with Crippen LogP contribution in [0.15, 0.2) is 42.5 Å². The van der Waals surface area contributed by atoms with Crippen molar-refractivity contribution in [3.8, 4) is 11.5 Å². The first-order valence-electron chi connectivity index (χ1n) is 7.28. The van der Waals surface area contributed by atoms with Gasteiger partial charge in [-0.2, -0.15) is 0 Å². The third-order valence-corrected chi connectivity index (χ3v) is 4.41. The third kappa shape index (κ3) is 2.81. The number of ether oxygens (including phenoxy) is 2. The van der Waals surface area contributed by atoms with Gasteiger partial charge in [-0.05, 0) is 42.7 Å². The van der Waals surface area contributed by atoms with E-state index in [1.165, 1.54) is 0 Å². The molecule has 0 saturated carbocycles. The molecule has 0 fully saturated rings. The predicted molar refractivity (Wildman–Crippen MR) is 86.1 cm³/mol. The van der Waals surface area contributed by atoms with Crippen molar-refractivity contribution in [2.24, 2.45) is 5.92 Å². The lowest BCUT2D eigenvalue weighted by Crippen LogP contribution is -2.13. The second-order valence-corrected chi connectivity index (χ2v) is 5.70. The second kappa shape index (κ2) is 6.41. The van der Waals surface area contributed by atoms with Crippen LogP contribution >= 0.6 is 11.6 Å². The summed E-state index contributed by atoms with van der Waals surface area (Å²) in [5.74, 6) is 1.53. The van der Waals surface area contributed by atoms with Crippen LogP contribution in [0.4, 0.5) is 0 Å². The van der Waals surface area contributed by atoms with Crippen LogP contribution in [0.1, 0.15) is 22.3 Å². The van der Waals surface area contributed by atoms with Gasteiger partial charge in [-0.3, -0.25) is 4.79 Å².